The molecule has 10 N–H and O–H groups in total. The van der Waals surface area contributed by atoms with Crippen LogP contribution < -0.4 is 33.2 Å². The van der Waals surface area contributed by atoms with Gasteiger partial charge in [-0.1, -0.05) is 20.3 Å². The topological polar surface area (TPSA) is 220 Å². The first-order valence-electron chi connectivity index (χ1n) is 10.8. The van der Waals surface area contributed by atoms with E-state index < -0.39 is 53.8 Å². The second-order valence-corrected chi connectivity index (χ2v) is 8.22. The van der Waals surface area contributed by atoms with Crippen LogP contribution in [0.15, 0.2) is 0 Å². The first-order valence-corrected chi connectivity index (χ1v) is 10.8. The van der Waals surface area contributed by atoms with Crippen molar-refractivity contribution in [2.45, 2.75) is 83.5 Å². The molecule has 0 radical (unpaired) electrons. The number of primary amides is 1. The van der Waals surface area contributed by atoms with Crippen molar-refractivity contribution in [2.75, 3.05) is 6.54 Å². The maximum atomic E-state index is 12.6. The zero-order chi connectivity index (χ0) is 24.8. The molecule has 0 aliphatic rings. The third-order valence-electron chi connectivity index (χ3n) is 4.69. The van der Waals surface area contributed by atoms with Crippen molar-refractivity contribution < 1.29 is 29.1 Å². The van der Waals surface area contributed by atoms with Gasteiger partial charge in [0.25, 0.3) is 0 Å². The van der Waals surface area contributed by atoms with E-state index in [1.54, 1.807) is 13.8 Å². The summed E-state index contributed by atoms with van der Waals surface area (Å²) in [6.07, 6.45) is 1.66. The second-order valence-electron chi connectivity index (χ2n) is 8.22. The monoisotopic (exact) mass is 458 g/mol. The fourth-order valence-electron chi connectivity index (χ4n) is 2.84. The number of rotatable bonds is 16. The third kappa shape index (κ3) is 12.2. The Bertz CT molecular complexity index is 656. The van der Waals surface area contributed by atoms with Crippen LogP contribution in [0.5, 0.6) is 0 Å². The van der Waals surface area contributed by atoms with E-state index in [0.717, 1.165) is 6.42 Å². The van der Waals surface area contributed by atoms with Crippen molar-refractivity contribution in [2.24, 2.45) is 23.1 Å². The van der Waals surface area contributed by atoms with Crippen LogP contribution in [0.3, 0.4) is 0 Å². The van der Waals surface area contributed by atoms with Crippen LogP contribution in [0.4, 0.5) is 0 Å². The van der Waals surface area contributed by atoms with Gasteiger partial charge < -0.3 is 38.3 Å². The van der Waals surface area contributed by atoms with Gasteiger partial charge in [-0.15, -0.1) is 0 Å². The SMILES string of the molecule is CC(C)CC(NC(=O)C(CCC(N)=O)NC(=O)C(C)NC(=O)C(N)CCCCN)C(=O)O. The summed E-state index contributed by atoms with van der Waals surface area (Å²) >= 11 is 0. The van der Waals surface area contributed by atoms with Crippen LogP contribution in [0, 0.1) is 5.92 Å². The van der Waals surface area contributed by atoms with E-state index in [9.17, 15) is 29.1 Å². The maximum absolute atomic E-state index is 12.6. The average Bonchev–Trinajstić information content (AvgIpc) is 2.69. The van der Waals surface area contributed by atoms with Gasteiger partial charge in [0.05, 0.1) is 6.04 Å². The van der Waals surface area contributed by atoms with Crippen molar-refractivity contribution >= 4 is 29.6 Å². The summed E-state index contributed by atoms with van der Waals surface area (Å²) in [5, 5.41) is 16.6. The molecule has 0 rings (SSSR count). The highest BCUT2D eigenvalue weighted by Gasteiger charge is 2.29. The zero-order valence-corrected chi connectivity index (χ0v) is 19.1. The Morgan fingerprint density at radius 2 is 1.44 bits per heavy atom. The average molecular weight is 459 g/mol. The number of amides is 4. The number of hydrogen-bond donors (Lipinski definition) is 7. The molecular weight excluding hydrogens is 420 g/mol. The predicted octanol–water partition coefficient (Wildman–Crippen LogP) is -1.69. The Morgan fingerprint density at radius 1 is 0.844 bits per heavy atom. The van der Waals surface area contributed by atoms with Crippen LogP contribution in [-0.2, 0) is 24.0 Å². The number of carbonyl (C=O) groups excluding carboxylic acids is 4. The molecule has 184 valence electrons. The van der Waals surface area contributed by atoms with E-state index in [2.05, 4.69) is 16.0 Å². The van der Waals surface area contributed by atoms with Crippen molar-refractivity contribution in [3.8, 4) is 0 Å². The molecule has 32 heavy (non-hydrogen) atoms. The number of aliphatic carboxylic acids is 1. The molecule has 4 amide bonds. The fraction of sp³-hybridized carbons (Fsp3) is 0.750. The van der Waals surface area contributed by atoms with E-state index in [0.29, 0.717) is 19.4 Å². The highest BCUT2D eigenvalue weighted by atomic mass is 16.4. The molecule has 4 unspecified atom stereocenters. The van der Waals surface area contributed by atoms with Crippen LogP contribution in [-0.4, -0.2) is 65.4 Å². The van der Waals surface area contributed by atoms with Gasteiger partial charge in [-0.2, -0.15) is 0 Å². The minimum Gasteiger partial charge on any atom is -0.480 e. The Hall–Kier alpha value is -2.73. The molecule has 0 spiro atoms. The molecule has 0 aromatic rings. The molecule has 0 aliphatic heterocycles. The summed E-state index contributed by atoms with van der Waals surface area (Å²) in [5.74, 6) is -3.86. The normalized spacial score (nSPS) is 14.7. The molecule has 0 saturated heterocycles. The number of nitrogens with one attached hydrogen (secondary N) is 3. The summed E-state index contributed by atoms with van der Waals surface area (Å²) in [7, 11) is 0. The van der Waals surface area contributed by atoms with Crippen LogP contribution in [0.25, 0.3) is 0 Å². The summed E-state index contributed by atoms with van der Waals surface area (Å²) in [6.45, 7) is 5.52. The van der Waals surface area contributed by atoms with Gasteiger partial charge in [0, 0.05) is 6.42 Å². The first kappa shape index (κ1) is 29.3. The molecule has 4 atom stereocenters. The molecular formula is C20H38N6O6. The fourth-order valence-corrected chi connectivity index (χ4v) is 2.84. The molecule has 12 nitrogen and oxygen atoms in total. The Morgan fingerprint density at radius 3 is 1.94 bits per heavy atom. The molecule has 0 heterocycles. The molecule has 12 heteroatoms. The lowest BCUT2D eigenvalue weighted by molar-refractivity contribution is -0.143. The Balaban J connectivity index is 5.09. The second kappa shape index (κ2) is 15.1. The van der Waals surface area contributed by atoms with Crippen LogP contribution in [0.2, 0.25) is 0 Å². The third-order valence-corrected chi connectivity index (χ3v) is 4.69. The van der Waals surface area contributed by atoms with Crippen molar-refractivity contribution in [1.29, 1.82) is 0 Å². The van der Waals surface area contributed by atoms with Gasteiger partial charge in [0.15, 0.2) is 0 Å². The van der Waals surface area contributed by atoms with Gasteiger partial charge in [0.1, 0.15) is 18.1 Å². The summed E-state index contributed by atoms with van der Waals surface area (Å²) in [4.78, 5) is 59.9. The van der Waals surface area contributed by atoms with Crippen molar-refractivity contribution in [3.63, 3.8) is 0 Å². The largest absolute Gasteiger partial charge is 0.480 e. The Kier molecular flexibility index (Phi) is 13.8. The van der Waals surface area contributed by atoms with Gasteiger partial charge >= 0.3 is 5.97 Å². The van der Waals surface area contributed by atoms with Crippen LogP contribution >= 0.6 is 0 Å². The van der Waals surface area contributed by atoms with Gasteiger partial charge in [-0.25, -0.2) is 4.79 Å². The minimum atomic E-state index is -1.21. The molecule has 0 saturated carbocycles. The smallest absolute Gasteiger partial charge is 0.326 e. The molecule has 0 fully saturated rings. The lowest BCUT2D eigenvalue weighted by atomic mass is 10.0. The molecule has 0 aromatic heterocycles. The van der Waals surface area contributed by atoms with Gasteiger partial charge in [-0.3, -0.25) is 19.2 Å². The zero-order valence-electron chi connectivity index (χ0n) is 19.1. The van der Waals surface area contributed by atoms with E-state index in [1.807, 2.05) is 0 Å². The van der Waals surface area contributed by atoms with E-state index in [-0.39, 0.29) is 25.2 Å². The summed E-state index contributed by atoms with van der Waals surface area (Å²) in [5.41, 5.74) is 16.4. The number of unbranched alkanes of at least 4 members (excludes halogenated alkanes) is 1. The number of nitrogens with two attached hydrogens (primary N) is 3. The number of carboxylic acid groups (broad SMARTS) is 1. The van der Waals surface area contributed by atoms with E-state index in [1.165, 1.54) is 6.92 Å². The highest BCUT2D eigenvalue weighted by Crippen LogP contribution is 2.07. The van der Waals surface area contributed by atoms with Gasteiger partial charge in [0.2, 0.25) is 23.6 Å². The number of carbonyl (C=O) groups is 5. The van der Waals surface area contributed by atoms with E-state index in [4.69, 9.17) is 17.2 Å². The summed E-state index contributed by atoms with van der Waals surface area (Å²) in [6, 6.07) is -4.18. The molecule has 0 aromatic carbocycles. The lowest BCUT2D eigenvalue weighted by Gasteiger charge is -2.24. The predicted molar refractivity (Wildman–Crippen MR) is 118 cm³/mol. The van der Waals surface area contributed by atoms with Crippen molar-refractivity contribution in [3.05, 3.63) is 0 Å². The number of hydrogen-bond acceptors (Lipinski definition) is 7. The van der Waals surface area contributed by atoms with Crippen molar-refractivity contribution in [1.82, 2.24) is 16.0 Å². The standard InChI is InChI=1S/C20H38N6O6/c1-11(2)10-15(20(31)32)26-19(30)14(7-8-16(23)27)25-17(28)12(3)24-18(29)13(22)6-4-5-9-21/h11-15H,4-10,21-22H2,1-3H3,(H2,23,27)(H,24,29)(H,25,28)(H,26,30)(H,31,32). The molecule has 0 bridgehead atoms. The van der Waals surface area contributed by atoms with E-state index >= 15 is 0 Å². The van der Waals surface area contributed by atoms with Crippen LogP contribution in [0.1, 0.15) is 59.3 Å². The minimum absolute atomic E-state index is 0.000596. The van der Waals surface area contributed by atoms with Gasteiger partial charge in [-0.05, 0) is 45.1 Å². The number of carboxylic acids is 1. The molecule has 0 aliphatic carbocycles. The summed E-state index contributed by atoms with van der Waals surface area (Å²) < 4.78 is 0. The quantitative estimate of drug-likeness (QED) is 0.132. The maximum Gasteiger partial charge on any atom is 0.326 e. The Labute approximate surface area is 188 Å². The first-order chi connectivity index (χ1) is 14.9. The highest BCUT2D eigenvalue weighted by molar-refractivity contribution is 5.94. The lowest BCUT2D eigenvalue weighted by Crippen LogP contribution is -2.56.